The summed E-state index contributed by atoms with van der Waals surface area (Å²) < 4.78 is 12.8. The highest BCUT2D eigenvalue weighted by molar-refractivity contribution is 5.92. The number of hydrogen-bond acceptors (Lipinski definition) is 6. The molecule has 2 fully saturated rings. The van der Waals surface area contributed by atoms with Crippen LogP contribution in [0.5, 0.6) is 0 Å². The van der Waals surface area contributed by atoms with Crippen LogP contribution < -0.4 is 0 Å². The van der Waals surface area contributed by atoms with Crippen LogP contribution in [0.3, 0.4) is 0 Å². The lowest BCUT2D eigenvalue weighted by molar-refractivity contribution is 0.0777. The molecule has 0 bridgehead atoms. The van der Waals surface area contributed by atoms with Crippen molar-refractivity contribution in [3.63, 3.8) is 0 Å². The summed E-state index contributed by atoms with van der Waals surface area (Å²) in [6.07, 6.45) is 5.76. The van der Waals surface area contributed by atoms with Crippen molar-refractivity contribution in [3.8, 4) is 0 Å². The second-order valence-electron chi connectivity index (χ2n) is 7.09. The van der Waals surface area contributed by atoms with Gasteiger partial charge in [0.2, 0.25) is 5.89 Å². The van der Waals surface area contributed by atoms with E-state index in [1.54, 1.807) is 16.9 Å². The molecule has 140 valence electrons. The summed E-state index contributed by atoms with van der Waals surface area (Å²) in [5, 5.41) is 8.23. The number of nitrogens with zero attached hydrogens (tertiary/aromatic N) is 5. The van der Waals surface area contributed by atoms with Gasteiger partial charge < -0.3 is 14.2 Å². The summed E-state index contributed by atoms with van der Waals surface area (Å²) >= 11 is 0. The number of carbonyl (C=O) groups excluding carboxylic acids is 1. The standard InChI is InChI=1S/C18H25N5O3/c1-2-23-15(5-8-19-23)18(24)22-9-6-14(11-22)17-20-16(21-26-17)7-10-25-12-13-3-4-13/h5,8,13-14H,2-4,6-7,9-12H2,1H3. The maximum absolute atomic E-state index is 12.7. The second-order valence-corrected chi connectivity index (χ2v) is 7.09. The quantitative estimate of drug-likeness (QED) is 0.669. The van der Waals surface area contributed by atoms with Crippen molar-refractivity contribution in [2.75, 3.05) is 26.3 Å². The van der Waals surface area contributed by atoms with E-state index >= 15 is 0 Å². The molecular weight excluding hydrogens is 334 g/mol. The predicted molar refractivity (Wildman–Crippen MR) is 92.7 cm³/mol. The summed E-state index contributed by atoms with van der Waals surface area (Å²) in [6, 6.07) is 1.77. The van der Waals surface area contributed by atoms with Gasteiger partial charge in [-0.1, -0.05) is 5.16 Å². The van der Waals surface area contributed by atoms with E-state index in [4.69, 9.17) is 9.26 Å². The fourth-order valence-electron chi connectivity index (χ4n) is 3.31. The van der Waals surface area contributed by atoms with E-state index in [0.29, 0.717) is 50.1 Å². The molecule has 2 aliphatic rings. The van der Waals surface area contributed by atoms with Gasteiger partial charge in [0.15, 0.2) is 5.82 Å². The Kier molecular flexibility index (Phi) is 5.01. The largest absolute Gasteiger partial charge is 0.381 e. The van der Waals surface area contributed by atoms with Crippen molar-refractivity contribution in [2.45, 2.75) is 45.1 Å². The molecule has 1 amide bonds. The van der Waals surface area contributed by atoms with Crippen LogP contribution in [0.4, 0.5) is 0 Å². The van der Waals surface area contributed by atoms with E-state index < -0.39 is 0 Å². The molecule has 8 nitrogen and oxygen atoms in total. The number of hydrogen-bond donors (Lipinski definition) is 0. The van der Waals surface area contributed by atoms with E-state index in [-0.39, 0.29) is 11.8 Å². The SMILES string of the molecule is CCn1nccc1C(=O)N1CCC(c2nc(CCOCC3CC3)no2)C1. The molecule has 1 atom stereocenters. The van der Waals surface area contributed by atoms with Crippen LogP contribution in [-0.2, 0) is 17.7 Å². The second kappa shape index (κ2) is 7.57. The molecule has 26 heavy (non-hydrogen) atoms. The molecule has 0 N–H and O–H groups in total. The Morgan fingerprint density at radius 3 is 3.08 bits per heavy atom. The minimum atomic E-state index is 0.0139. The van der Waals surface area contributed by atoms with Gasteiger partial charge in [0.05, 0.1) is 12.5 Å². The molecule has 2 aromatic rings. The highest BCUT2D eigenvalue weighted by Crippen LogP contribution is 2.29. The van der Waals surface area contributed by atoms with Crippen LogP contribution in [0.1, 0.15) is 54.3 Å². The van der Waals surface area contributed by atoms with Gasteiger partial charge in [0.25, 0.3) is 5.91 Å². The van der Waals surface area contributed by atoms with E-state index in [2.05, 4.69) is 15.2 Å². The zero-order valence-electron chi connectivity index (χ0n) is 15.1. The van der Waals surface area contributed by atoms with Crippen LogP contribution in [0.15, 0.2) is 16.8 Å². The number of carbonyl (C=O) groups is 1. The first-order valence-electron chi connectivity index (χ1n) is 9.46. The number of amides is 1. The number of likely N-dealkylation sites (tertiary alicyclic amines) is 1. The fourth-order valence-corrected chi connectivity index (χ4v) is 3.31. The number of aryl methyl sites for hydroxylation is 1. The van der Waals surface area contributed by atoms with Crippen molar-refractivity contribution >= 4 is 5.91 Å². The molecule has 1 unspecified atom stereocenters. The minimum Gasteiger partial charge on any atom is -0.381 e. The summed E-state index contributed by atoms with van der Waals surface area (Å²) in [4.78, 5) is 19.0. The lowest BCUT2D eigenvalue weighted by Crippen LogP contribution is -2.30. The fraction of sp³-hybridized carbons (Fsp3) is 0.667. The van der Waals surface area contributed by atoms with Crippen molar-refractivity contribution in [1.82, 2.24) is 24.8 Å². The van der Waals surface area contributed by atoms with E-state index in [0.717, 1.165) is 18.9 Å². The normalized spacial score (nSPS) is 20.0. The molecule has 0 aromatic carbocycles. The summed E-state index contributed by atoms with van der Waals surface area (Å²) in [5.74, 6) is 2.19. The predicted octanol–water partition coefficient (Wildman–Crippen LogP) is 1.88. The van der Waals surface area contributed by atoms with Gasteiger partial charge in [-0.2, -0.15) is 10.1 Å². The average molecular weight is 359 g/mol. The topological polar surface area (TPSA) is 86.3 Å². The molecule has 0 radical (unpaired) electrons. The number of aromatic nitrogens is 4. The Labute approximate surface area is 152 Å². The third-order valence-corrected chi connectivity index (χ3v) is 5.06. The van der Waals surface area contributed by atoms with E-state index in [1.807, 2.05) is 11.8 Å². The number of ether oxygens (including phenoxy) is 1. The van der Waals surface area contributed by atoms with E-state index in [1.165, 1.54) is 12.8 Å². The Morgan fingerprint density at radius 2 is 2.27 bits per heavy atom. The molecule has 8 heteroatoms. The zero-order valence-corrected chi connectivity index (χ0v) is 15.1. The zero-order chi connectivity index (χ0) is 17.9. The lowest BCUT2D eigenvalue weighted by atomic mass is 10.1. The summed E-state index contributed by atoms with van der Waals surface area (Å²) in [5.41, 5.74) is 0.632. The smallest absolute Gasteiger partial charge is 0.272 e. The maximum Gasteiger partial charge on any atom is 0.272 e. The molecule has 0 spiro atoms. The maximum atomic E-state index is 12.7. The average Bonchev–Trinajstić information content (AvgIpc) is 3.10. The van der Waals surface area contributed by atoms with Crippen LogP contribution in [0, 0.1) is 5.92 Å². The van der Waals surface area contributed by atoms with Crippen LogP contribution in [-0.4, -0.2) is 57.0 Å². The first kappa shape index (κ1) is 17.2. The summed E-state index contributed by atoms with van der Waals surface area (Å²) in [6.45, 7) is 5.44. The third kappa shape index (κ3) is 3.80. The molecule has 1 aliphatic carbocycles. The molecule has 1 aliphatic heterocycles. The highest BCUT2D eigenvalue weighted by atomic mass is 16.5. The van der Waals surface area contributed by atoms with Gasteiger partial charge in [-0.05, 0) is 38.2 Å². The lowest BCUT2D eigenvalue weighted by Gasteiger charge is -2.16. The van der Waals surface area contributed by atoms with Crippen molar-refractivity contribution < 1.29 is 14.1 Å². The molecular formula is C18H25N5O3. The van der Waals surface area contributed by atoms with Gasteiger partial charge >= 0.3 is 0 Å². The van der Waals surface area contributed by atoms with Gasteiger partial charge in [0.1, 0.15) is 5.69 Å². The van der Waals surface area contributed by atoms with E-state index in [9.17, 15) is 4.79 Å². The molecule has 2 aromatic heterocycles. The van der Waals surface area contributed by atoms with Gasteiger partial charge in [-0.3, -0.25) is 9.48 Å². The van der Waals surface area contributed by atoms with Gasteiger partial charge in [-0.25, -0.2) is 0 Å². The Morgan fingerprint density at radius 1 is 1.38 bits per heavy atom. The van der Waals surface area contributed by atoms with Gasteiger partial charge in [-0.15, -0.1) is 0 Å². The Bertz CT molecular complexity index is 752. The molecule has 3 heterocycles. The highest BCUT2D eigenvalue weighted by Gasteiger charge is 2.32. The van der Waals surface area contributed by atoms with Gasteiger partial charge in [0, 0.05) is 38.9 Å². The first-order chi connectivity index (χ1) is 12.7. The Hall–Kier alpha value is -2.22. The summed E-state index contributed by atoms with van der Waals surface area (Å²) in [7, 11) is 0. The number of rotatable bonds is 8. The van der Waals surface area contributed by atoms with Crippen molar-refractivity contribution in [2.24, 2.45) is 5.92 Å². The Balaban J connectivity index is 1.30. The molecule has 4 rings (SSSR count). The first-order valence-corrected chi connectivity index (χ1v) is 9.46. The minimum absolute atomic E-state index is 0.0139. The molecule has 1 saturated carbocycles. The third-order valence-electron chi connectivity index (χ3n) is 5.06. The monoisotopic (exact) mass is 359 g/mol. The van der Waals surface area contributed by atoms with Crippen LogP contribution in [0.2, 0.25) is 0 Å². The van der Waals surface area contributed by atoms with Crippen LogP contribution in [0.25, 0.3) is 0 Å². The van der Waals surface area contributed by atoms with Crippen molar-refractivity contribution in [3.05, 3.63) is 29.7 Å². The molecule has 1 saturated heterocycles. The van der Waals surface area contributed by atoms with Crippen LogP contribution >= 0.6 is 0 Å². The van der Waals surface area contributed by atoms with Crippen molar-refractivity contribution in [1.29, 1.82) is 0 Å².